The average Bonchev–Trinajstić information content (AvgIpc) is 2.67. The molecule has 0 aromatic heterocycles. The van der Waals surface area contributed by atoms with Crippen molar-refractivity contribution in [2.75, 3.05) is 6.61 Å². The number of unbranched alkanes of at least 4 members (excludes halogenated alkanes) is 1. The normalized spacial score (nSPS) is 16.2. The van der Waals surface area contributed by atoms with E-state index in [0.717, 1.165) is 35.3 Å². The number of carbonyl (C=O) groups is 1. The number of aryl methyl sites for hydroxylation is 1. The lowest BCUT2D eigenvalue weighted by Crippen LogP contribution is -2.26. The lowest BCUT2D eigenvalue weighted by Gasteiger charge is -2.26. The Balaban J connectivity index is 1.47. The van der Waals surface area contributed by atoms with E-state index in [9.17, 15) is 18.0 Å². The van der Waals surface area contributed by atoms with Crippen molar-refractivity contribution < 1.29 is 27.4 Å². The summed E-state index contributed by atoms with van der Waals surface area (Å²) in [6.45, 7) is -0.230. The Hall–Kier alpha value is -2.21. The predicted molar refractivity (Wildman–Crippen MR) is 100 cm³/mol. The van der Waals surface area contributed by atoms with Gasteiger partial charge in [0.25, 0.3) is 0 Å². The van der Waals surface area contributed by atoms with Gasteiger partial charge in [0.05, 0.1) is 12.7 Å². The van der Waals surface area contributed by atoms with Crippen molar-refractivity contribution in [2.45, 2.75) is 44.4 Å². The zero-order valence-electron chi connectivity index (χ0n) is 15.1. The molecule has 0 radical (unpaired) electrons. The largest absolute Gasteiger partial charge is 0.490 e. The van der Waals surface area contributed by atoms with E-state index in [4.69, 9.17) is 16.3 Å². The van der Waals surface area contributed by atoms with Gasteiger partial charge in [0.15, 0.2) is 0 Å². The maximum absolute atomic E-state index is 12.0. The Labute approximate surface area is 166 Å². The molecule has 1 unspecified atom stereocenters. The van der Waals surface area contributed by atoms with E-state index in [0.29, 0.717) is 24.3 Å². The van der Waals surface area contributed by atoms with Crippen LogP contribution in [0.5, 0.6) is 5.75 Å². The quantitative estimate of drug-likeness (QED) is 0.432. The molecule has 28 heavy (non-hydrogen) atoms. The maximum atomic E-state index is 12.0. The minimum Gasteiger partial charge on any atom is -0.490 e. The lowest BCUT2D eigenvalue weighted by molar-refractivity contribution is -0.199. The first kappa shape index (κ1) is 20.5. The summed E-state index contributed by atoms with van der Waals surface area (Å²) in [5.41, 5.74) is 3.33. The van der Waals surface area contributed by atoms with Crippen LogP contribution < -0.4 is 4.74 Å². The number of fused-ring (bicyclic) bond motifs is 1. The van der Waals surface area contributed by atoms with E-state index >= 15 is 0 Å². The molecule has 1 atom stereocenters. The third-order valence-electron chi connectivity index (χ3n) is 4.65. The summed E-state index contributed by atoms with van der Waals surface area (Å²) < 4.78 is 46.3. The molecule has 3 nitrogen and oxygen atoms in total. The molecule has 1 aliphatic rings. The molecule has 2 aromatic carbocycles. The highest BCUT2D eigenvalue weighted by Gasteiger charge is 2.40. The molecular weight excluding hydrogens is 393 g/mol. The molecule has 0 N–H and O–H groups in total. The highest BCUT2D eigenvalue weighted by Crippen LogP contribution is 2.33. The van der Waals surface area contributed by atoms with Crippen LogP contribution >= 0.6 is 11.6 Å². The van der Waals surface area contributed by atoms with E-state index < -0.39 is 12.1 Å². The van der Waals surface area contributed by atoms with E-state index in [2.05, 4.69) is 10.8 Å². The fraction of sp³-hybridized carbons (Fsp3) is 0.381. The second-order valence-corrected chi connectivity index (χ2v) is 7.17. The number of halogens is 4. The topological polar surface area (TPSA) is 35.5 Å². The fourth-order valence-corrected chi connectivity index (χ4v) is 3.32. The Morgan fingerprint density at radius 2 is 1.82 bits per heavy atom. The smallest absolute Gasteiger partial charge is 0.490 e. The fourth-order valence-electron chi connectivity index (χ4n) is 3.19. The number of carbonyl (C=O) groups excluding carboxylic acids is 1. The van der Waals surface area contributed by atoms with E-state index in [1.54, 1.807) is 0 Å². The zero-order valence-corrected chi connectivity index (χ0v) is 15.9. The van der Waals surface area contributed by atoms with Crippen molar-refractivity contribution in [1.82, 2.24) is 0 Å². The van der Waals surface area contributed by atoms with Gasteiger partial charge in [-0.3, -0.25) is 0 Å². The van der Waals surface area contributed by atoms with Crippen molar-refractivity contribution >= 4 is 17.6 Å². The van der Waals surface area contributed by atoms with Gasteiger partial charge in [-0.2, -0.15) is 13.2 Å². The molecule has 1 aliphatic heterocycles. The first-order valence-corrected chi connectivity index (χ1v) is 9.50. The minimum atomic E-state index is -4.93. The number of alkyl halides is 3. The van der Waals surface area contributed by atoms with Gasteiger partial charge in [-0.25, -0.2) is 4.79 Å². The average molecular weight is 413 g/mol. The highest BCUT2D eigenvalue weighted by atomic mass is 35.5. The minimum absolute atomic E-state index is 0.0206. The second kappa shape index (κ2) is 8.86. The Morgan fingerprint density at radius 1 is 1.11 bits per heavy atom. The van der Waals surface area contributed by atoms with E-state index in [-0.39, 0.29) is 12.7 Å². The number of benzene rings is 2. The summed E-state index contributed by atoms with van der Waals surface area (Å²) in [6, 6.07) is 13.7. The van der Waals surface area contributed by atoms with Crippen LogP contribution in [0.3, 0.4) is 0 Å². The van der Waals surface area contributed by atoms with Crippen LogP contribution in [0.2, 0.25) is 5.02 Å². The number of ether oxygens (including phenoxy) is 2. The van der Waals surface area contributed by atoms with Crippen LogP contribution in [-0.2, 0) is 16.0 Å². The van der Waals surface area contributed by atoms with Crippen LogP contribution in [0, 0.1) is 0 Å². The van der Waals surface area contributed by atoms with Crippen molar-refractivity contribution in [2.24, 2.45) is 0 Å². The molecule has 2 aromatic rings. The molecule has 0 aliphatic carbocycles. The summed E-state index contributed by atoms with van der Waals surface area (Å²) in [5.74, 6) is -1.29. The van der Waals surface area contributed by atoms with E-state index in [1.165, 1.54) is 0 Å². The Bertz CT molecular complexity index is 819. The Kier molecular flexibility index (Phi) is 6.50. The van der Waals surface area contributed by atoms with Gasteiger partial charge in [-0.15, -0.1) is 0 Å². The molecule has 150 valence electrons. The molecule has 0 amide bonds. The van der Waals surface area contributed by atoms with Crippen molar-refractivity contribution in [3.8, 4) is 16.9 Å². The predicted octanol–water partition coefficient (Wildman–Crippen LogP) is 5.98. The van der Waals surface area contributed by atoms with Crippen LogP contribution in [-0.4, -0.2) is 24.9 Å². The molecule has 0 saturated heterocycles. The summed E-state index contributed by atoms with van der Waals surface area (Å²) in [4.78, 5) is 10.6. The molecule has 1 heterocycles. The van der Waals surface area contributed by atoms with Crippen LogP contribution in [0.4, 0.5) is 13.2 Å². The van der Waals surface area contributed by atoms with Gasteiger partial charge < -0.3 is 9.47 Å². The summed E-state index contributed by atoms with van der Waals surface area (Å²) in [5, 5.41) is 0.695. The molecule has 0 saturated carbocycles. The van der Waals surface area contributed by atoms with Gasteiger partial charge in [0.2, 0.25) is 0 Å². The monoisotopic (exact) mass is 412 g/mol. The number of hydrogen-bond acceptors (Lipinski definition) is 3. The van der Waals surface area contributed by atoms with Crippen LogP contribution in [0.25, 0.3) is 11.1 Å². The zero-order chi connectivity index (χ0) is 20.1. The van der Waals surface area contributed by atoms with Crippen molar-refractivity contribution in [3.63, 3.8) is 0 Å². The summed E-state index contributed by atoms with van der Waals surface area (Å²) >= 11 is 5.93. The number of rotatable bonds is 6. The summed E-state index contributed by atoms with van der Waals surface area (Å²) in [6.07, 6.45) is -1.46. The van der Waals surface area contributed by atoms with E-state index in [1.807, 2.05) is 36.4 Å². The molecule has 3 rings (SSSR count). The number of hydrogen-bond donors (Lipinski definition) is 0. The highest BCUT2D eigenvalue weighted by molar-refractivity contribution is 6.30. The Morgan fingerprint density at radius 3 is 2.54 bits per heavy atom. The third-order valence-corrected chi connectivity index (χ3v) is 4.90. The maximum Gasteiger partial charge on any atom is 0.490 e. The third kappa shape index (κ3) is 5.41. The van der Waals surface area contributed by atoms with Gasteiger partial charge in [0, 0.05) is 5.02 Å². The molecule has 0 spiro atoms. The van der Waals surface area contributed by atoms with Gasteiger partial charge in [-0.05, 0) is 73.1 Å². The second-order valence-electron chi connectivity index (χ2n) is 6.74. The molecule has 7 heteroatoms. The van der Waals surface area contributed by atoms with Gasteiger partial charge in [0.1, 0.15) is 5.75 Å². The van der Waals surface area contributed by atoms with Crippen molar-refractivity contribution in [3.05, 3.63) is 53.1 Å². The van der Waals surface area contributed by atoms with Crippen LogP contribution in [0.1, 0.15) is 31.2 Å². The molecular formula is C21H20ClF3O3. The number of esters is 1. The van der Waals surface area contributed by atoms with Gasteiger partial charge >= 0.3 is 12.1 Å². The standard InChI is InChI=1S/C21H20ClF3O3/c22-17-8-4-14(5-9-17)15-7-11-19-16(13-15)6-10-18(28-19)3-1-2-12-27-20(26)21(23,24)25/h4-5,7-9,11,13,18H,1-3,6,10,12H2. The first-order valence-electron chi connectivity index (χ1n) is 9.12. The SMILES string of the molecule is O=C(OCCCCC1CCc2cc(-c3ccc(Cl)cc3)ccc2O1)C(F)(F)F. The molecule has 0 bridgehead atoms. The van der Waals surface area contributed by atoms with Crippen molar-refractivity contribution in [1.29, 1.82) is 0 Å². The lowest BCUT2D eigenvalue weighted by atomic mass is 9.95. The van der Waals surface area contributed by atoms with Gasteiger partial charge in [-0.1, -0.05) is 29.8 Å². The summed E-state index contributed by atoms with van der Waals surface area (Å²) in [7, 11) is 0. The first-order chi connectivity index (χ1) is 13.3. The molecule has 0 fully saturated rings. The van der Waals surface area contributed by atoms with Crippen LogP contribution in [0.15, 0.2) is 42.5 Å².